The van der Waals surface area contributed by atoms with Gasteiger partial charge < -0.3 is 14.4 Å². The van der Waals surface area contributed by atoms with Gasteiger partial charge in [-0.05, 0) is 25.2 Å². The molecule has 1 amide bonds. The number of esters is 1. The molecule has 0 aliphatic heterocycles. The maximum absolute atomic E-state index is 12.3. The largest absolute Gasteiger partial charge is 0.466 e. The van der Waals surface area contributed by atoms with Gasteiger partial charge in [-0.3, -0.25) is 4.79 Å². The lowest BCUT2D eigenvalue weighted by Gasteiger charge is -2.39. The van der Waals surface area contributed by atoms with Crippen molar-refractivity contribution in [1.29, 1.82) is 0 Å². The van der Waals surface area contributed by atoms with Crippen LogP contribution < -0.4 is 0 Å². The molecule has 0 aromatic heterocycles. The molecule has 0 N–H and O–H groups in total. The summed E-state index contributed by atoms with van der Waals surface area (Å²) in [7, 11) is 0. The summed E-state index contributed by atoms with van der Waals surface area (Å²) in [6.45, 7) is 14.9. The molecule has 0 aliphatic rings. The van der Waals surface area contributed by atoms with E-state index >= 15 is 0 Å². The van der Waals surface area contributed by atoms with Crippen molar-refractivity contribution in [2.45, 2.75) is 60.9 Å². The second kappa shape index (κ2) is 8.90. The van der Waals surface area contributed by atoms with Gasteiger partial charge in [0, 0.05) is 6.54 Å². The minimum Gasteiger partial charge on any atom is -0.466 e. The van der Waals surface area contributed by atoms with Crippen LogP contribution in [0.15, 0.2) is 0 Å². The van der Waals surface area contributed by atoms with Crippen LogP contribution in [0.25, 0.3) is 0 Å². The van der Waals surface area contributed by atoms with Crippen molar-refractivity contribution in [2.75, 3.05) is 19.8 Å². The second-order valence-corrected chi connectivity index (χ2v) is 6.64. The summed E-state index contributed by atoms with van der Waals surface area (Å²) in [6, 6.07) is -0.252. The van der Waals surface area contributed by atoms with Crippen LogP contribution in [0.5, 0.6) is 0 Å². The zero-order valence-electron chi connectivity index (χ0n) is 14.6. The van der Waals surface area contributed by atoms with Gasteiger partial charge >= 0.3 is 12.1 Å². The molecule has 0 saturated carbocycles. The molecule has 1 atom stereocenters. The minimum absolute atomic E-state index is 0.183. The van der Waals surface area contributed by atoms with E-state index in [9.17, 15) is 9.59 Å². The number of carbonyl (C=O) groups is 2. The number of carbonyl (C=O) groups excluding carboxylic acids is 2. The van der Waals surface area contributed by atoms with E-state index in [0.29, 0.717) is 25.7 Å². The number of amides is 1. The summed E-state index contributed by atoms with van der Waals surface area (Å²) in [5, 5.41) is 0. The number of rotatable bonds is 7. The third-order valence-corrected chi connectivity index (χ3v) is 3.11. The third kappa shape index (κ3) is 7.34. The Bertz CT molecular complexity index is 334. The smallest absolute Gasteiger partial charge is 0.410 e. The number of hydrogen-bond acceptors (Lipinski definition) is 4. The molecule has 0 aliphatic carbocycles. The summed E-state index contributed by atoms with van der Waals surface area (Å²) in [4.78, 5) is 25.8. The highest BCUT2D eigenvalue weighted by Gasteiger charge is 2.36. The summed E-state index contributed by atoms with van der Waals surface area (Å²) < 4.78 is 10.2. The molecule has 0 spiro atoms. The van der Waals surface area contributed by atoms with Crippen molar-refractivity contribution in [1.82, 2.24) is 4.90 Å². The Morgan fingerprint density at radius 2 is 1.57 bits per heavy atom. The Labute approximate surface area is 129 Å². The zero-order valence-corrected chi connectivity index (χ0v) is 14.6. The van der Waals surface area contributed by atoms with Crippen molar-refractivity contribution in [3.8, 4) is 0 Å². The van der Waals surface area contributed by atoms with Gasteiger partial charge in [-0.1, -0.05) is 34.6 Å². The zero-order chi connectivity index (χ0) is 16.6. The average Bonchev–Trinajstić information content (AvgIpc) is 2.32. The maximum atomic E-state index is 12.3. The highest BCUT2D eigenvalue weighted by molar-refractivity contribution is 5.73. The molecule has 5 nitrogen and oxygen atoms in total. The van der Waals surface area contributed by atoms with E-state index in [-0.39, 0.29) is 29.9 Å². The van der Waals surface area contributed by atoms with Gasteiger partial charge in [-0.15, -0.1) is 0 Å². The summed E-state index contributed by atoms with van der Waals surface area (Å²) in [5.41, 5.74) is -0.242. The monoisotopic (exact) mass is 301 g/mol. The Morgan fingerprint density at radius 1 is 1.05 bits per heavy atom. The fourth-order valence-corrected chi connectivity index (χ4v) is 2.19. The number of ether oxygens (including phenoxy) is 2. The minimum atomic E-state index is -0.365. The number of hydrogen-bond donors (Lipinski definition) is 0. The van der Waals surface area contributed by atoms with Crippen LogP contribution in [0, 0.1) is 11.3 Å². The lowest BCUT2D eigenvalue weighted by atomic mass is 9.83. The summed E-state index contributed by atoms with van der Waals surface area (Å²) in [5.74, 6) is 0.0110. The quantitative estimate of drug-likeness (QED) is 0.676. The third-order valence-electron chi connectivity index (χ3n) is 3.11. The van der Waals surface area contributed by atoms with Crippen LogP contribution in [0.3, 0.4) is 0 Å². The average molecular weight is 301 g/mol. The van der Waals surface area contributed by atoms with Gasteiger partial charge in [0.2, 0.25) is 0 Å². The SMILES string of the molecule is CCOC(=O)CC(N(CC(C)C)C(=O)OCC)C(C)(C)C. The van der Waals surface area contributed by atoms with Crippen LogP contribution in [0.1, 0.15) is 54.9 Å². The van der Waals surface area contributed by atoms with Crippen molar-refractivity contribution >= 4 is 12.1 Å². The van der Waals surface area contributed by atoms with Crippen LogP contribution in [0.4, 0.5) is 4.79 Å². The Kier molecular flexibility index (Phi) is 8.37. The van der Waals surface area contributed by atoms with E-state index in [2.05, 4.69) is 0 Å². The molecule has 0 aromatic carbocycles. The molecule has 5 heteroatoms. The molecule has 0 aromatic rings. The first-order chi connectivity index (χ1) is 9.63. The van der Waals surface area contributed by atoms with Gasteiger partial charge in [0.05, 0.1) is 25.7 Å². The topological polar surface area (TPSA) is 55.8 Å². The van der Waals surface area contributed by atoms with Gasteiger partial charge in [0.15, 0.2) is 0 Å². The van der Waals surface area contributed by atoms with E-state index in [1.165, 1.54) is 0 Å². The first kappa shape index (κ1) is 19.7. The molecule has 21 heavy (non-hydrogen) atoms. The lowest BCUT2D eigenvalue weighted by molar-refractivity contribution is -0.145. The van der Waals surface area contributed by atoms with Gasteiger partial charge in [-0.25, -0.2) is 4.79 Å². The Balaban J connectivity index is 5.26. The van der Waals surface area contributed by atoms with E-state index in [0.717, 1.165) is 0 Å². The molecular formula is C16H31NO4. The highest BCUT2D eigenvalue weighted by atomic mass is 16.6. The van der Waals surface area contributed by atoms with Crippen LogP contribution in [0.2, 0.25) is 0 Å². The molecule has 1 unspecified atom stereocenters. The second-order valence-electron chi connectivity index (χ2n) is 6.64. The van der Waals surface area contributed by atoms with Crippen molar-refractivity contribution < 1.29 is 19.1 Å². The molecule has 124 valence electrons. The van der Waals surface area contributed by atoms with Crippen molar-refractivity contribution in [3.63, 3.8) is 0 Å². The molecule has 0 heterocycles. The van der Waals surface area contributed by atoms with Gasteiger partial charge in [0.25, 0.3) is 0 Å². The summed E-state index contributed by atoms with van der Waals surface area (Å²) >= 11 is 0. The Hall–Kier alpha value is -1.26. The maximum Gasteiger partial charge on any atom is 0.410 e. The van der Waals surface area contributed by atoms with E-state index in [4.69, 9.17) is 9.47 Å². The van der Waals surface area contributed by atoms with Crippen LogP contribution >= 0.6 is 0 Å². The molecule has 0 rings (SSSR count). The van der Waals surface area contributed by atoms with Crippen molar-refractivity contribution in [2.24, 2.45) is 11.3 Å². The standard InChI is InChI=1S/C16H31NO4/c1-8-20-14(18)10-13(16(5,6)7)17(11-12(3)4)15(19)21-9-2/h12-13H,8-11H2,1-7H3. The first-order valence-electron chi connectivity index (χ1n) is 7.72. The normalized spacial score (nSPS) is 13.0. The number of nitrogens with zero attached hydrogens (tertiary/aromatic N) is 1. The van der Waals surface area contributed by atoms with Gasteiger partial charge in [0.1, 0.15) is 0 Å². The lowest BCUT2D eigenvalue weighted by Crippen LogP contribution is -2.50. The van der Waals surface area contributed by atoms with Crippen LogP contribution in [-0.4, -0.2) is 42.8 Å². The molecular weight excluding hydrogens is 270 g/mol. The molecule has 0 saturated heterocycles. The van der Waals surface area contributed by atoms with E-state index < -0.39 is 0 Å². The van der Waals surface area contributed by atoms with E-state index in [1.807, 2.05) is 34.6 Å². The Morgan fingerprint density at radius 3 is 1.95 bits per heavy atom. The first-order valence-corrected chi connectivity index (χ1v) is 7.72. The van der Waals surface area contributed by atoms with Crippen LogP contribution in [-0.2, 0) is 14.3 Å². The van der Waals surface area contributed by atoms with Gasteiger partial charge in [-0.2, -0.15) is 0 Å². The fraction of sp³-hybridized carbons (Fsp3) is 0.875. The molecule has 0 bridgehead atoms. The van der Waals surface area contributed by atoms with E-state index in [1.54, 1.807) is 18.7 Å². The predicted octanol–water partition coefficient (Wildman–Crippen LogP) is 3.47. The molecule has 0 radical (unpaired) electrons. The van der Waals surface area contributed by atoms with Crippen molar-refractivity contribution in [3.05, 3.63) is 0 Å². The fourth-order valence-electron chi connectivity index (χ4n) is 2.19. The highest BCUT2D eigenvalue weighted by Crippen LogP contribution is 2.28. The summed E-state index contributed by atoms with van der Waals surface area (Å²) in [6.07, 6.45) is -0.182. The predicted molar refractivity (Wildman–Crippen MR) is 83.1 cm³/mol. The molecule has 0 fully saturated rings.